The molecule has 0 fully saturated rings. The molecule has 6 aromatic rings. The molecule has 11 heteroatoms. The van der Waals surface area contributed by atoms with Gasteiger partial charge in [-0.25, -0.2) is 24.9 Å². The lowest BCUT2D eigenvalue weighted by atomic mass is 10.1. The number of anilines is 1. The zero-order valence-corrected chi connectivity index (χ0v) is 24.4. The number of fused-ring (bicyclic) bond motifs is 1. The second-order valence-electron chi connectivity index (χ2n) is 10.3. The number of amides is 1. The van der Waals surface area contributed by atoms with Crippen LogP contribution in [0.4, 0.5) is 5.82 Å². The van der Waals surface area contributed by atoms with Gasteiger partial charge >= 0.3 is 0 Å². The number of nitrogen functional groups attached to an aromatic ring is 1. The minimum Gasteiger partial charge on any atom is -0.383 e. The molecule has 0 aliphatic carbocycles. The Morgan fingerprint density at radius 2 is 1.71 bits per heavy atom. The average molecular weight is 595 g/mol. The van der Waals surface area contributed by atoms with E-state index in [0.29, 0.717) is 24.7 Å². The second kappa shape index (κ2) is 13.5. The van der Waals surface area contributed by atoms with Crippen LogP contribution in [0.15, 0.2) is 97.5 Å². The molecule has 0 aliphatic heterocycles. The summed E-state index contributed by atoms with van der Waals surface area (Å²) < 4.78 is 2.03. The predicted octanol–water partition coefficient (Wildman–Crippen LogP) is 4.69. The maximum absolute atomic E-state index is 12.2. The molecule has 6 rings (SSSR count). The van der Waals surface area contributed by atoms with Gasteiger partial charge in [0.2, 0.25) is 0 Å². The summed E-state index contributed by atoms with van der Waals surface area (Å²) in [6, 6.07) is 29.4. The van der Waals surface area contributed by atoms with Crippen molar-refractivity contribution in [3.8, 4) is 34.4 Å². The summed E-state index contributed by atoms with van der Waals surface area (Å²) in [7, 11) is 0. The number of aromatic nitrogens is 6. The second-order valence-corrected chi connectivity index (χ2v) is 10.3. The molecule has 0 unspecified atom stereocenters. The van der Waals surface area contributed by atoms with E-state index in [1.54, 1.807) is 6.20 Å². The lowest BCUT2D eigenvalue weighted by Gasteiger charge is -2.12. The Labute approximate surface area is 259 Å². The van der Waals surface area contributed by atoms with Gasteiger partial charge in [-0.15, -0.1) is 0 Å². The third kappa shape index (κ3) is 6.66. The number of unbranched alkanes of at least 4 members (excludes halogenated alkanes) is 1. The highest BCUT2D eigenvalue weighted by Gasteiger charge is 2.18. The van der Waals surface area contributed by atoms with E-state index in [1.807, 2.05) is 65.2 Å². The third-order valence-electron chi connectivity index (χ3n) is 7.26. The van der Waals surface area contributed by atoms with Crippen LogP contribution in [0.25, 0.3) is 39.5 Å². The molecule has 0 saturated carbocycles. The zero-order valence-electron chi connectivity index (χ0n) is 24.4. The van der Waals surface area contributed by atoms with Crippen LogP contribution in [-0.4, -0.2) is 48.5 Å². The van der Waals surface area contributed by atoms with Crippen molar-refractivity contribution in [1.29, 1.82) is 5.26 Å². The minimum absolute atomic E-state index is 0.165. The topological polar surface area (TPSA) is 160 Å². The third-order valence-corrected chi connectivity index (χ3v) is 7.26. The highest BCUT2D eigenvalue weighted by molar-refractivity contribution is 5.92. The van der Waals surface area contributed by atoms with E-state index < -0.39 is 0 Å². The number of imidazole rings is 1. The largest absolute Gasteiger partial charge is 0.383 e. The molecule has 0 aliphatic rings. The maximum atomic E-state index is 12.2. The average Bonchev–Trinajstić information content (AvgIpc) is 3.47. The van der Waals surface area contributed by atoms with Crippen molar-refractivity contribution in [2.45, 2.75) is 19.4 Å². The maximum Gasteiger partial charge on any atom is 0.270 e. The van der Waals surface area contributed by atoms with E-state index in [9.17, 15) is 4.79 Å². The number of benzene rings is 2. The molecule has 222 valence electrons. The SMILES string of the molecule is N#Cc1cc(C(=O)NCCCCNCc2ccc(-n3c(-c4cccnc4N)nc4ccc(-c5ccccc5)nc43)cc2)ncn1. The van der Waals surface area contributed by atoms with Gasteiger partial charge in [0.05, 0.1) is 11.3 Å². The first-order valence-corrected chi connectivity index (χ1v) is 14.6. The number of carbonyl (C=O) groups excluding carboxylic acids is 1. The van der Waals surface area contributed by atoms with Crippen molar-refractivity contribution < 1.29 is 4.79 Å². The molecule has 0 radical (unpaired) electrons. The van der Waals surface area contributed by atoms with Crippen LogP contribution in [-0.2, 0) is 6.54 Å². The van der Waals surface area contributed by atoms with E-state index in [-0.39, 0.29) is 17.3 Å². The molecule has 45 heavy (non-hydrogen) atoms. The number of nitrogens with one attached hydrogen (secondary N) is 2. The first-order valence-electron chi connectivity index (χ1n) is 14.6. The van der Waals surface area contributed by atoms with Gasteiger partial charge in [-0.1, -0.05) is 42.5 Å². The van der Waals surface area contributed by atoms with Gasteiger partial charge in [0.15, 0.2) is 11.5 Å². The van der Waals surface area contributed by atoms with E-state index in [1.165, 1.54) is 12.4 Å². The quantitative estimate of drug-likeness (QED) is 0.181. The molecule has 0 atom stereocenters. The Morgan fingerprint density at radius 3 is 2.51 bits per heavy atom. The molecule has 4 N–H and O–H groups in total. The number of nitriles is 1. The Hall–Kier alpha value is -5.99. The van der Waals surface area contributed by atoms with Crippen LogP contribution in [0.3, 0.4) is 0 Å². The number of hydrogen-bond acceptors (Lipinski definition) is 9. The van der Waals surface area contributed by atoms with Crippen LogP contribution >= 0.6 is 0 Å². The van der Waals surface area contributed by atoms with Crippen molar-refractivity contribution in [3.63, 3.8) is 0 Å². The smallest absolute Gasteiger partial charge is 0.270 e. The Bertz CT molecular complexity index is 1980. The highest BCUT2D eigenvalue weighted by atomic mass is 16.1. The first kappa shape index (κ1) is 29.1. The van der Waals surface area contributed by atoms with Crippen LogP contribution in [0, 0.1) is 11.3 Å². The number of carbonyl (C=O) groups is 1. The molecule has 0 saturated heterocycles. The van der Waals surface area contributed by atoms with Gasteiger partial charge in [0.1, 0.15) is 35.1 Å². The van der Waals surface area contributed by atoms with Crippen molar-refractivity contribution in [2.24, 2.45) is 0 Å². The number of nitrogens with two attached hydrogens (primary N) is 1. The van der Waals surface area contributed by atoms with E-state index in [0.717, 1.165) is 58.6 Å². The normalized spacial score (nSPS) is 10.9. The van der Waals surface area contributed by atoms with E-state index in [2.05, 4.69) is 49.9 Å². The van der Waals surface area contributed by atoms with Crippen molar-refractivity contribution >= 4 is 22.9 Å². The van der Waals surface area contributed by atoms with Gasteiger partial charge in [-0.2, -0.15) is 5.26 Å². The van der Waals surface area contributed by atoms with Crippen LogP contribution in [0.5, 0.6) is 0 Å². The number of hydrogen-bond donors (Lipinski definition) is 3. The molecule has 0 spiro atoms. The predicted molar refractivity (Wildman–Crippen MR) is 172 cm³/mol. The van der Waals surface area contributed by atoms with E-state index in [4.69, 9.17) is 21.0 Å². The molecule has 11 nitrogen and oxygen atoms in total. The molecular weight excluding hydrogens is 564 g/mol. The standard InChI is InChI=1S/C34H30N10O/c35-20-25-19-30(41-22-40-25)34(45)39-17-5-4-16-37-21-23-10-12-26(13-11-23)44-32(27-9-6-18-38-31(27)36)43-29-15-14-28(42-33(29)44)24-7-2-1-3-8-24/h1-3,6-15,18-19,22,37H,4-5,16-17,21H2,(H2,36,38)(H,39,45). The Morgan fingerprint density at radius 1 is 0.889 bits per heavy atom. The molecule has 0 bridgehead atoms. The lowest BCUT2D eigenvalue weighted by Crippen LogP contribution is -2.26. The number of pyridine rings is 2. The fourth-order valence-corrected chi connectivity index (χ4v) is 4.96. The minimum atomic E-state index is -0.312. The summed E-state index contributed by atoms with van der Waals surface area (Å²) >= 11 is 0. The summed E-state index contributed by atoms with van der Waals surface area (Å²) in [5, 5.41) is 15.2. The molecule has 1 amide bonds. The lowest BCUT2D eigenvalue weighted by molar-refractivity contribution is 0.0947. The summed E-state index contributed by atoms with van der Waals surface area (Å²) in [6.45, 7) is 2.02. The van der Waals surface area contributed by atoms with Gasteiger partial charge in [-0.05, 0) is 61.3 Å². The Balaban J connectivity index is 1.12. The summed E-state index contributed by atoms with van der Waals surface area (Å²) in [5.74, 6) is 0.768. The Kier molecular flexibility index (Phi) is 8.76. The van der Waals surface area contributed by atoms with Crippen LogP contribution < -0.4 is 16.4 Å². The van der Waals surface area contributed by atoms with Crippen molar-refractivity contribution in [3.05, 3.63) is 114 Å². The van der Waals surface area contributed by atoms with Crippen LogP contribution in [0.2, 0.25) is 0 Å². The van der Waals surface area contributed by atoms with Gasteiger partial charge in [0.25, 0.3) is 5.91 Å². The monoisotopic (exact) mass is 594 g/mol. The molecule has 2 aromatic carbocycles. The molecular formula is C34H30N10O. The summed E-state index contributed by atoms with van der Waals surface area (Å²) in [5.41, 5.74) is 12.8. The van der Waals surface area contributed by atoms with Gasteiger partial charge in [0, 0.05) is 36.6 Å². The van der Waals surface area contributed by atoms with Crippen LogP contribution in [0.1, 0.15) is 34.6 Å². The molecule has 4 heterocycles. The molecule has 4 aromatic heterocycles. The fourth-order valence-electron chi connectivity index (χ4n) is 4.96. The summed E-state index contributed by atoms with van der Waals surface area (Å²) in [6.07, 6.45) is 4.58. The fraction of sp³-hybridized carbons (Fsp3) is 0.147. The van der Waals surface area contributed by atoms with Gasteiger partial charge < -0.3 is 16.4 Å². The summed E-state index contributed by atoms with van der Waals surface area (Å²) in [4.78, 5) is 34.2. The number of rotatable bonds is 11. The zero-order chi connectivity index (χ0) is 31.0. The van der Waals surface area contributed by atoms with Gasteiger partial charge in [-0.3, -0.25) is 9.36 Å². The first-order chi connectivity index (χ1) is 22.1. The number of nitrogens with zero attached hydrogens (tertiary/aromatic N) is 7. The van der Waals surface area contributed by atoms with Crippen molar-refractivity contribution in [1.82, 2.24) is 40.1 Å². The van der Waals surface area contributed by atoms with Crippen molar-refractivity contribution in [2.75, 3.05) is 18.8 Å². The van der Waals surface area contributed by atoms with E-state index >= 15 is 0 Å². The highest BCUT2D eigenvalue weighted by Crippen LogP contribution is 2.31.